The Balaban J connectivity index is 2.48. The minimum absolute atomic E-state index is 0.330. The number of nitrogens with two attached hydrogens (primary N) is 1. The number of tetrazole rings is 1. The van der Waals surface area contributed by atoms with Crippen molar-refractivity contribution in [1.29, 1.82) is 0 Å². The fraction of sp³-hybridized carbons (Fsp3) is 0.462. The van der Waals surface area contributed by atoms with E-state index in [9.17, 15) is 0 Å². The average Bonchev–Trinajstić information content (AvgIpc) is 2.78. The van der Waals surface area contributed by atoms with E-state index in [0.29, 0.717) is 6.04 Å². The molecular formula is C13H19N5. The number of hydrogen-bond acceptors (Lipinski definition) is 4. The summed E-state index contributed by atoms with van der Waals surface area (Å²) < 4.78 is 1.90. The van der Waals surface area contributed by atoms with Gasteiger partial charge >= 0.3 is 0 Å². The maximum Gasteiger partial charge on any atom is 0.182 e. The van der Waals surface area contributed by atoms with Crippen molar-refractivity contribution in [2.24, 2.45) is 0 Å². The summed E-state index contributed by atoms with van der Waals surface area (Å²) in [6.07, 6.45) is 2.02. The first kappa shape index (κ1) is 12.5. The maximum atomic E-state index is 5.88. The Morgan fingerprint density at radius 3 is 2.56 bits per heavy atom. The predicted octanol–water partition coefficient (Wildman–Crippen LogP) is 2.59. The second kappa shape index (κ2) is 5.16. The van der Waals surface area contributed by atoms with Gasteiger partial charge in [0.15, 0.2) is 5.82 Å². The fourth-order valence-electron chi connectivity index (χ4n) is 2.21. The topological polar surface area (TPSA) is 69.6 Å². The summed E-state index contributed by atoms with van der Waals surface area (Å²) in [6, 6.07) is 6.24. The molecule has 18 heavy (non-hydrogen) atoms. The van der Waals surface area contributed by atoms with Gasteiger partial charge < -0.3 is 5.73 Å². The van der Waals surface area contributed by atoms with E-state index in [4.69, 9.17) is 5.73 Å². The van der Waals surface area contributed by atoms with Gasteiger partial charge in [-0.3, -0.25) is 0 Å². The first-order valence-electron chi connectivity index (χ1n) is 6.31. The van der Waals surface area contributed by atoms with Gasteiger partial charge in [-0.05, 0) is 54.0 Å². The van der Waals surface area contributed by atoms with Gasteiger partial charge in [0.25, 0.3) is 0 Å². The number of aryl methyl sites for hydroxylation is 1. The molecule has 5 heteroatoms. The molecule has 0 bridgehead atoms. The molecule has 0 aliphatic rings. The van der Waals surface area contributed by atoms with Crippen LogP contribution in [0.4, 0.5) is 5.69 Å². The Hall–Kier alpha value is -1.91. The van der Waals surface area contributed by atoms with E-state index in [1.165, 1.54) is 0 Å². The van der Waals surface area contributed by atoms with Gasteiger partial charge in [-0.15, -0.1) is 5.10 Å². The van der Waals surface area contributed by atoms with Crippen LogP contribution in [0.2, 0.25) is 0 Å². The van der Waals surface area contributed by atoms with Crippen molar-refractivity contribution >= 4 is 5.69 Å². The summed E-state index contributed by atoms with van der Waals surface area (Å²) in [5.74, 6) is 0.791. The number of aromatic nitrogens is 4. The maximum absolute atomic E-state index is 5.88. The van der Waals surface area contributed by atoms with E-state index in [1.54, 1.807) is 0 Å². The summed E-state index contributed by atoms with van der Waals surface area (Å²) in [7, 11) is 0. The highest BCUT2D eigenvalue weighted by atomic mass is 15.5. The third-order valence-electron chi connectivity index (χ3n) is 3.14. The zero-order valence-corrected chi connectivity index (χ0v) is 11.1. The number of nitrogen functional groups attached to an aromatic ring is 1. The van der Waals surface area contributed by atoms with Crippen molar-refractivity contribution in [2.75, 3.05) is 5.73 Å². The lowest BCUT2D eigenvalue weighted by molar-refractivity contribution is 0.422. The summed E-state index contributed by atoms with van der Waals surface area (Å²) in [5, 5.41) is 12.0. The van der Waals surface area contributed by atoms with Gasteiger partial charge in [0.1, 0.15) is 0 Å². The van der Waals surface area contributed by atoms with Crippen LogP contribution in [0, 0.1) is 6.92 Å². The van der Waals surface area contributed by atoms with Gasteiger partial charge in [-0.1, -0.05) is 13.8 Å². The Morgan fingerprint density at radius 1 is 1.22 bits per heavy atom. The summed E-state index contributed by atoms with van der Waals surface area (Å²) in [6.45, 7) is 6.31. The molecule has 2 rings (SSSR count). The molecule has 0 radical (unpaired) electrons. The minimum Gasteiger partial charge on any atom is -0.399 e. The molecule has 2 N–H and O–H groups in total. The Kier molecular flexibility index (Phi) is 3.60. The molecule has 0 aliphatic heterocycles. The van der Waals surface area contributed by atoms with Crippen LogP contribution in [-0.4, -0.2) is 20.2 Å². The molecule has 1 aromatic carbocycles. The third-order valence-corrected chi connectivity index (χ3v) is 3.14. The summed E-state index contributed by atoms with van der Waals surface area (Å²) in [5.41, 5.74) is 8.71. The van der Waals surface area contributed by atoms with Gasteiger partial charge in [0.2, 0.25) is 0 Å². The van der Waals surface area contributed by atoms with Crippen molar-refractivity contribution in [3.63, 3.8) is 0 Å². The van der Waals surface area contributed by atoms with Crippen molar-refractivity contribution in [3.05, 3.63) is 23.8 Å². The Morgan fingerprint density at radius 2 is 1.94 bits per heavy atom. The molecular weight excluding hydrogens is 226 g/mol. The van der Waals surface area contributed by atoms with Gasteiger partial charge in [-0.25, -0.2) is 4.68 Å². The number of rotatable bonds is 4. The lowest BCUT2D eigenvalue weighted by Crippen LogP contribution is -2.10. The van der Waals surface area contributed by atoms with Crippen molar-refractivity contribution < 1.29 is 0 Å². The number of anilines is 1. The molecule has 5 nitrogen and oxygen atoms in total. The van der Waals surface area contributed by atoms with E-state index in [0.717, 1.165) is 35.5 Å². The molecule has 0 fully saturated rings. The highest BCUT2D eigenvalue weighted by Gasteiger charge is 2.15. The Labute approximate surface area is 107 Å². The zero-order valence-electron chi connectivity index (χ0n) is 11.1. The molecule has 1 aromatic heterocycles. The average molecular weight is 245 g/mol. The second-order valence-electron chi connectivity index (χ2n) is 4.55. The van der Waals surface area contributed by atoms with Crippen LogP contribution in [0.25, 0.3) is 11.4 Å². The van der Waals surface area contributed by atoms with Crippen molar-refractivity contribution in [2.45, 2.75) is 39.7 Å². The van der Waals surface area contributed by atoms with E-state index in [1.807, 2.05) is 23.7 Å². The molecule has 0 aliphatic carbocycles. The van der Waals surface area contributed by atoms with Crippen LogP contribution < -0.4 is 5.73 Å². The highest BCUT2D eigenvalue weighted by molar-refractivity contribution is 5.62. The van der Waals surface area contributed by atoms with E-state index < -0.39 is 0 Å². The molecule has 2 aromatic rings. The van der Waals surface area contributed by atoms with Crippen molar-refractivity contribution in [1.82, 2.24) is 20.2 Å². The minimum atomic E-state index is 0.330. The Bertz CT molecular complexity index is 508. The van der Waals surface area contributed by atoms with Crippen molar-refractivity contribution in [3.8, 4) is 11.4 Å². The van der Waals surface area contributed by atoms with E-state index in [-0.39, 0.29) is 0 Å². The predicted molar refractivity (Wildman–Crippen MR) is 72.0 cm³/mol. The highest BCUT2D eigenvalue weighted by Crippen LogP contribution is 2.25. The number of nitrogens with zero attached hydrogens (tertiary/aromatic N) is 4. The molecule has 0 saturated carbocycles. The quantitative estimate of drug-likeness (QED) is 0.840. The standard InChI is InChI=1S/C13H19N5/c1-4-12(5-2)18-13(15-16-17-18)10-6-9(3)7-11(14)8-10/h6-8,12H,4-5,14H2,1-3H3. The molecule has 1 heterocycles. The first-order valence-corrected chi connectivity index (χ1v) is 6.31. The second-order valence-corrected chi connectivity index (χ2v) is 4.55. The van der Waals surface area contributed by atoms with Gasteiger partial charge in [0, 0.05) is 11.3 Å². The number of hydrogen-bond donors (Lipinski definition) is 1. The van der Waals surface area contributed by atoms with Crippen LogP contribution in [-0.2, 0) is 0 Å². The molecule has 0 saturated heterocycles. The van der Waals surface area contributed by atoms with Gasteiger partial charge in [-0.2, -0.15) is 0 Å². The van der Waals surface area contributed by atoms with Crippen LogP contribution in [0.1, 0.15) is 38.3 Å². The zero-order chi connectivity index (χ0) is 13.1. The largest absolute Gasteiger partial charge is 0.399 e. The lowest BCUT2D eigenvalue weighted by atomic mass is 10.1. The van der Waals surface area contributed by atoms with Crippen LogP contribution >= 0.6 is 0 Å². The van der Waals surface area contributed by atoms with Gasteiger partial charge in [0.05, 0.1) is 6.04 Å². The van der Waals surface area contributed by atoms with Crippen LogP contribution in [0.5, 0.6) is 0 Å². The summed E-state index contributed by atoms with van der Waals surface area (Å²) >= 11 is 0. The fourth-order valence-corrected chi connectivity index (χ4v) is 2.21. The molecule has 0 atom stereocenters. The molecule has 96 valence electrons. The van der Waals surface area contributed by atoms with Crippen LogP contribution in [0.15, 0.2) is 18.2 Å². The van der Waals surface area contributed by atoms with E-state index >= 15 is 0 Å². The number of benzene rings is 1. The van der Waals surface area contributed by atoms with Crippen LogP contribution in [0.3, 0.4) is 0 Å². The summed E-state index contributed by atoms with van der Waals surface area (Å²) in [4.78, 5) is 0. The third kappa shape index (κ3) is 2.34. The van der Waals surface area contributed by atoms with E-state index in [2.05, 4.69) is 35.4 Å². The SMILES string of the molecule is CCC(CC)n1nnnc1-c1cc(C)cc(N)c1. The monoisotopic (exact) mass is 245 g/mol. The molecule has 0 unspecified atom stereocenters. The molecule has 0 amide bonds. The first-order chi connectivity index (χ1) is 8.65. The smallest absolute Gasteiger partial charge is 0.182 e. The normalized spacial score (nSPS) is 11.1. The molecule has 0 spiro atoms. The lowest BCUT2D eigenvalue weighted by Gasteiger charge is -2.14.